The SMILES string of the molecule is Oc1[nH]c2ccccc2c1C=Nc1ccc(NCCc2cccnc2)c(C(F)(F)F)c1. The van der Waals surface area contributed by atoms with E-state index in [-0.39, 0.29) is 17.3 Å². The molecule has 8 heteroatoms. The summed E-state index contributed by atoms with van der Waals surface area (Å²) in [5.74, 6) is -0.0883. The van der Waals surface area contributed by atoms with Crippen molar-refractivity contribution in [3.05, 3.63) is 83.7 Å². The number of anilines is 1. The van der Waals surface area contributed by atoms with Gasteiger partial charge in [0.05, 0.1) is 16.8 Å². The predicted molar refractivity (Wildman–Crippen MR) is 115 cm³/mol. The second kappa shape index (κ2) is 8.51. The van der Waals surface area contributed by atoms with Gasteiger partial charge in [-0.25, -0.2) is 0 Å². The Balaban J connectivity index is 1.56. The Labute approximate surface area is 176 Å². The first-order valence-corrected chi connectivity index (χ1v) is 9.59. The molecule has 0 aliphatic carbocycles. The minimum Gasteiger partial charge on any atom is -0.494 e. The minimum atomic E-state index is -4.54. The van der Waals surface area contributed by atoms with Crippen LogP contribution in [0.2, 0.25) is 0 Å². The molecular formula is C23H19F3N4O. The molecule has 0 saturated carbocycles. The van der Waals surface area contributed by atoms with Gasteiger partial charge in [-0.05, 0) is 42.3 Å². The van der Waals surface area contributed by atoms with Crippen LogP contribution in [0, 0.1) is 0 Å². The number of hydrogen-bond acceptors (Lipinski definition) is 4. The van der Waals surface area contributed by atoms with Crippen LogP contribution < -0.4 is 5.32 Å². The summed E-state index contributed by atoms with van der Waals surface area (Å²) in [5.41, 5.74) is 1.40. The molecule has 2 aromatic carbocycles. The summed E-state index contributed by atoms with van der Waals surface area (Å²) in [5, 5.41) is 13.7. The van der Waals surface area contributed by atoms with Crippen LogP contribution in [0.25, 0.3) is 10.9 Å². The van der Waals surface area contributed by atoms with Gasteiger partial charge in [-0.15, -0.1) is 0 Å². The lowest BCUT2D eigenvalue weighted by atomic mass is 10.1. The van der Waals surface area contributed by atoms with E-state index < -0.39 is 11.7 Å². The fourth-order valence-corrected chi connectivity index (χ4v) is 3.31. The number of pyridine rings is 1. The Morgan fingerprint density at radius 1 is 1.10 bits per heavy atom. The Hall–Kier alpha value is -3.81. The molecule has 2 aromatic heterocycles. The number of aliphatic imine (C=N–C) groups is 1. The molecule has 2 heterocycles. The average Bonchev–Trinajstić information content (AvgIpc) is 3.08. The highest BCUT2D eigenvalue weighted by atomic mass is 19.4. The van der Waals surface area contributed by atoms with Crippen LogP contribution >= 0.6 is 0 Å². The third kappa shape index (κ3) is 4.69. The number of halogens is 3. The zero-order chi connectivity index (χ0) is 21.8. The van der Waals surface area contributed by atoms with Crippen LogP contribution in [0.4, 0.5) is 24.5 Å². The molecule has 0 saturated heterocycles. The molecular weight excluding hydrogens is 405 g/mol. The molecule has 4 rings (SSSR count). The highest BCUT2D eigenvalue weighted by Gasteiger charge is 2.33. The topological polar surface area (TPSA) is 73.3 Å². The molecule has 31 heavy (non-hydrogen) atoms. The quantitative estimate of drug-likeness (QED) is 0.348. The number of H-pyrrole nitrogens is 1. The normalized spacial score (nSPS) is 12.0. The molecule has 0 spiro atoms. The molecule has 0 atom stereocenters. The molecule has 0 aliphatic heterocycles. The highest BCUT2D eigenvalue weighted by molar-refractivity contribution is 6.02. The molecule has 158 valence electrons. The highest BCUT2D eigenvalue weighted by Crippen LogP contribution is 2.37. The van der Waals surface area contributed by atoms with E-state index in [4.69, 9.17) is 0 Å². The number of benzene rings is 2. The summed E-state index contributed by atoms with van der Waals surface area (Å²) in [6.45, 7) is 0.334. The number of nitrogens with one attached hydrogen (secondary N) is 2. The lowest BCUT2D eigenvalue weighted by Crippen LogP contribution is -2.12. The first kappa shape index (κ1) is 20.5. The molecule has 0 radical (unpaired) electrons. The minimum absolute atomic E-state index is 0.00900. The van der Waals surface area contributed by atoms with Crippen molar-refractivity contribution in [1.29, 1.82) is 0 Å². The van der Waals surface area contributed by atoms with Crippen molar-refractivity contribution in [2.24, 2.45) is 4.99 Å². The van der Waals surface area contributed by atoms with Gasteiger partial charge in [0.25, 0.3) is 0 Å². The maximum atomic E-state index is 13.6. The first-order valence-electron chi connectivity index (χ1n) is 9.59. The molecule has 4 aromatic rings. The van der Waals surface area contributed by atoms with Crippen molar-refractivity contribution in [1.82, 2.24) is 9.97 Å². The van der Waals surface area contributed by atoms with Crippen molar-refractivity contribution >= 4 is 28.5 Å². The molecule has 0 amide bonds. The Morgan fingerprint density at radius 3 is 2.71 bits per heavy atom. The van der Waals surface area contributed by atoms with E-state index in [1.807, 2.05) is 12.1 Å². The van der Waals surface area contributed by atoms with E-state index in [0.717, 1.165) is 17.0 Å². The van der Waals surface area contributed by atoms with Crippen LogP contribution in [0.15, 0.2) is 72.0 Å². The average molecular weight is 424 g/mol. The summed E-state index contributed by atoms with van der Waals surface area (Å²) in [6.07, 6.45) is 0.702. The van der Waals surface area contributed by atoms with Gasteiger partial charge in [0.1, 0.15) is 0 Å². The zero-order valence-corrected chi connectivity index (χ0v) is 16.3. The Bertz CT molecular complexity index is 1220. The number of aromatic nitrogens is 2. The van der Waals surface area contributed by atoms with E-state index in [1.165, 1.54) is 18.3 Å². The van der Waals surface area contributed by atoms with Crippen LogP contribution in [-0.4, -0.2) is 27.8 Å². The number of alkyl halides is 3. The van der Waals surface area contributed by atoms with Crippen molar-refractivity contribution in [2.75, 3.05) is 11.9 Å². The Kier molecular flexibility index (Phi) is 5.62. The van der Waals surface area contributed by atoms with Gasteiger partial charge >= 0.3 is 6.18 Å². The summed E-state index contributed by atoms with van der Waals surface area (Å²) in [4.78, 5) is 11.0. The second-order valence-electron chi connectivity index (χ2n) is 6.96. The number of aromatic hydroxyl groups is 1. The first-order chi connectivity index (χ1) is 14.9. The van der Waals surface area contributed by atoms with Crippen molar-refractivity contribution in [3.8, 4) is 5.88 Å². The summed E-state index contributed by atoms with van der Waals surface area (Å²) in [7, 11) is 0. The van der Waals surface area contributed by atoms with Gasteiger partial charge in [0, 0.05) is 41.7 Å². The number of nitrogens with zero attached hydrogens (tertiary/aromatic N) is 2. The summed E-state index contributed by atoms with van der Waals surface area (Å²) >= 11 is 0. The predicted octanol–water partition coefficient (Wildman–Crippen LogP) is 5.69. The van der Waals surface area contributed by atoms with E-state index in [0.29, 0.717) is 24.0 Å². The van der Waals surface area contributed by atoms with Crippen LogP contribution in [0.5, 0.6) is 5.88 Å². The van der Waals surface area contributed by atoms with Gasteiger partial charge in [-0.3, -0.25) is 9.98 Å². The van der Waals surface area contributed by atoms with E-state index >= 15 is 0 Å². The Morgan fingerprint density at radius 2 is 1.94 bits per heavy atom. The second-order valence-corrected chi connectivity index (χ2v) is 6.96. The maximum absolute atomic E-state index is 13.6. The third-order valence-corrected chi connectivity index (χ3v) is 4.83. The van der Waals surface area contributed by atoms with Crippen LogP contribution in [-0.2, 0) is 12.6 Å². The monoisotopic (exact) mass is 424 g/mol. The fourth-order valence-electron chi connectivity index (χ4n) is 3.31. The number of aromatic amines is 1. The summed E-state index contributed by atoms with van der Waals surface area (Å²) in [6, 6.07) is 14.7. The van der Waals surface area contributed by atoms with Gasteiger partial charge < -0.3 is 15.4 Å². The van der Waals surface area contributed by atoms with Gasteiger partial charge in [-0.2, -0.15) is 13.2 Å². The maximum Gasteiger partial charge on any atom is 0.418 e. The van der Waals surface area contributed by atoms with Crippen molar-refractivity contribution in [2.45, 2.75) is 12.6 Å². The lowest BCUT2D eigenvalue weighted by molar-refractivity contribution is -0.136. The number of para-hydroxylation sites is 1. The third-order valence-electron chi connectivity index (χ3n) is 4.83. The van der Waals surface area contributed by atoms with Crippen LogP contribution in [0.3, 0.4) is 0 Å². The van der Waals surface area contributed by atoms with E-state index in [9.17, 15) is 18.3 Å². The molecule has 0 fully saturated rings. The standard InChI is InChI=1S/C23H19F3N4O/c24-23(25,26)19-12-16(7-8-21(19)28-11-9-15-4-3-10-27-13-15)29-14-18-17-5-1-2-6-20(17)30-22(18)31/h1-8,10,12-14,28,30-31H,9,11H2. The fraction of sp³-hybridized carbons (Fsp3) is 0.130. The van der Waals surface area contributed by atoms with E-state index in [2.05, 4.69) is 20.3 Å². The molecule has 0 bridgehead atoms. The van der Waals surface area contributed by atoms with Gasteiger partial charge in [0.2, 0.25) is 0 Å². The smallest absolute Gasteiger partial charge is 0.418 e. The van der Waals surface area contributed by atoms with Crippen molar-refractivity contribution in [3.63, 3.8) is 0 Å². The van der Waals surface area contributed by atoms with Gasteiger partial charge in [0.15, 0.2) is 5.88 Å². The van der Waals surface area contributed by atoms with Gasteiger partial charge in [-0.1, -0.05) is 24.3 Å². The molecule has 5 nitrogen and oxygen atoms in total. The number of hydrogen-bond donors (Lipinski definition) is 3. The number of rotatable bonds is 6. The zero-order valence-electron chi connectivity index (χ0n) is 16.3. The van der Waals surface area contributed by atoms with Crippen molar-refractivity contribution < 1.29 is 18.3 Å². The molecule has 0 aliphatic rings. The molecule has 3 N–H and O–H groups in total. The van der Waals surface area contributed by atoms with E-state index in [1.54, 1.807) is 36.7 Å². The largest absolute Gasteiger partial charge is 0.494 e. The van der Waals surface area contributed by atoms with Crippen LogP contribution in [0.1, 0.15) is 16.7 Å². The summed E-state index contributed by atoms with van der Waals surface area (Å²) < 4.78 is 40.9. The number of fused-ring (bicyclic) bond motifs is 1. The molecule has 0 unspecified atom stereocenters. The lowest BCUT2D eigenvalue weighted by Gasteiger charge is -2.15.